The van der Waals surface area contributed by atoms with E-state index in [0.29, 0.717) is 12.3 Å². The molecule has 1 aromatic carbocycles. The number of piperidine rings is 1. The van der Waals surface area contributed by atoms with E-state index >= 15 is 0 Å². The molecule has 168 valence electrons. The largest absolute Gasteiger partial charge is 0.382 e. The van der Waals surface area contributed by atoms with Crippen molar-refractivity contribution in [2.45, 2.75) is 82.7 Å². The van der Waals surface area contributed by atoms with E-state index in [1.54, 1.807) is 13.1 Å². The van der Waals surface area contributed by atoms with Crippen LogP contribution in [-0.2, 0) is 9.59 Å². The van der Waals surface area contributed by atoms with Crippen LogP contribution in [0, 0.1) is 5.82 Å². The van der Waals surface area contributed by atoms with Crippen LogP contribution >= 0.6 is 0 Å². The Kier molecular flexibility index (Phi) is 10.3. The molecule has 1 atom stereocenters. The molecule has 5 nitrogen and oxygen atoms in total. The van der Waals surface area contributed by atoms with Gasteiger partial charge in [-0.3, -0.25) is 4.79 Å². The van der Waals surface area contributed by atoms with Gasteiger partial charge in [-0.2, -0.15) is 0 Å². The Morgan fingerprint density at radius 1 is 1.17 bits per heavy atom. The zero-order chi connectivity index (χ0) is 21.9. The molecule has 1 aromatic rings. The van der Waals surface area contributed by atoms with Crippen molar-refractivity contribution < 1.29 is 14.0 Å². The van der Waals surface area contributed by atoms with Crippen molar-refractivity contribution in [3.05, 3.63) is 29.6 Å². The lowest BCUT2D eigenvalue weighted by atomic mass is 9.86. The summed E-state index contributed by atoms with van der Waals surface area (Å²) in [7, 11) is 1.65. The molecule has 1 aliphatic heterocycles. The highest BCUT2D eigenvalue weighted by molar-refractivity contribution is 5.75. The smallest absolute Gasteiger partial charge is 0.219 e. The van der Waals surface area contributed by atoms with E-state index in [1.165, 1.54) is 32.1 Å². The molecule has 0 spiro atoms. The topological polar surface area (TPSA) is 61.4 Å². The molecular weight excluding hydrogens is 381 g/mol. The molecule has 6 heteroatoms. The molecule has 0 aromatic heterocycles. The Morgan fingerprint density at radius 3 is 2.43 bits per heavy atom. The molecule has 1 unspecified atom stereocenters. The summed E-state index contributed by atoms with van der Waals surface area (Å²) < 4.78 is 14.8. The fraction of sp³-hybridized carbons (Fsp3) is 0.667. The molecule has 2 N–H and O–H groups in total. The van der Waals surface area contributed by atoms with E-state index < -0.39 is 0 Å². The zero-order valence-electron chi connectivity index (χ0n) is 18.6. The molecule has 1 amide bonds. The van der Waals surface area contributed by atoms with Crippen molar-refractivity contribution in [3.8, 4) is 0 Å². The fourth-order valence-corrected chi connectivity index (χ4v) is 4.80. The van der Waals surface area contributed by atoms with E-state index in [9.17, 15) is 9.18 Å². The van der Waals surface area contributed by atoms with Crippen LogP contribution in [0.5, 0.6) is 0 Å². The Hall–Kier alpha value is -1.95. The highest BCUT2D eigenvalue weighted by Gasteiger charge is 2.28. The number of benzene rings is 1. The molecule has 0 radical (unpaired) electrons. The summed E-state index contributed by atoms with van der Waals surface area (Å²) in [4.78, 5) is 22.0. The molecule has 2 aliphatic rings. The van der Waals surface area contributed by atoms with Gasteiger partial charge in [-0.15, -0.1) is 0 Å². The minimum absolute atomic E-state index is 0.0368. The minimum Gasteiger partial charge on any atom is -0.382 e. The summed E-state index contributed by atoms with van der Waals surface area (Å²) in [5.74, 6) is 0.272. The SMILES string of the molecule is C=O.CNC(=O)CCC(C)Nc1ccc(C2CCN(C3CCCCC3)CC2)c(F)c1. The lowest BCUT2D eigenvalue weighted by Gasteiger charge is -2.39. The molecule has 0 bridgehead atoms. The number of amides is 1. The molecule has 30 heavy (non-hydrogen) atoms. The molecule has 1 saturated heterocycles. The van der Waals surface area contributed by atoms with E-state index in [1.807, 2.05) is 25.8 Å². The van der Waals surface area contributed by atoms with Crippen LogP contribution in [0.1, 0.15) is 76.2 Å². The first-order valence-electron chi connectivity index (χ1n) is 11.4. The van der Waals surface area contributed by atoms with Crippen molar-refractivity contribution in [1.82, 2.24) is 10.2 Å². The second-order valence-electron chi connectivity index (χ2n) is 8.60. The standard InChI is InChI=1S/C23H36FN3O.CH2O/c1-17(8-11-23(28)25-2)26-19-9-10-21(22(24)16-19)18-12-14-27(15-13-18)20-6-4-3-5-7-20;1-2/h9-10,16-18,20,26H,3-8,11-15H2,1-2H3,(H,25,28);1H2. The van der Waals surface area contributed by atoms with Crippen LogP contribution in [0.2, 0.25) is 0 Å². The second kappa shape index (κ2) is 12.7. The number of carbonyl (C=O) groups excluding carboxylic acids is 2. The third-order valence-electron chi connectivity index (χ3n) is 6.56. The van der Waals surface area contributed by atoms with Gasteiger partial charge < -0.3 is 20.3 Å². The third kappa shape index (κ3) is 7.08. The monoisotopic (exact) mass is 419 g/mol. The number of hydrogen-bond acceptors (Lipinski definition) is 4. The van der Waals surface area contributed by atoms with Gasteiger partial charge >= 0.3 is 0 Å². The minimum atomic E-state index is -0.0976. The molecule has 3 rings (SSSR count). The number of carbonyl (C=O) groups is 2. The van der Waals surface area contributed by atoms with Crippen LogP contribution in [-0.4, -0.2) is 49.8 Å². The van der Waals surface area contributed by atoms with Crippen molar-refractivity contribution in [3.63, 3.8) is 0 Å². The summed E-state index contributed by atoms with van der Waals surface area (Å²) in [6, 6.07) is 6.47. The number of anilines is 1. The fourth-order valence-electron chi connectivity index (χ4n) is 4.80. The summed E-state index contributed by atoms with van der Waals surface area (Å²) in [6.07, 6.45) is 10.1. The third-order valence-corrected chi connectivity index (χ3v) is 6.56. The van der Waals surface area contributed by atoms with Gasteiger partial charge in [-0.25, -0.2) is 4.39 Å². The first kappa shape index (κ1) is 24.3. The van der Waals surface area contributed by atoms with Crippen molar-refractivity contribution >= 4 is 18.4 Å². The van der Waals surface area contributed by atoms with E-state index in [4.69, 9.17) is 4.79 Å². The number of halogens is 1. The van der Waals surface area contributed by atoms with Crippen molar-refractivity contribution in [2.75, 3.05) is 25.5 Å². The number of hydrogen-bond donors (Lipinski definition) is 2. The molecular formula is C24H38FN3O2. The first-order valence-corrected chi connectivity index (χ1v) is 11.4. The number of likely N-dealkylation sites (tertiary alicyclic amines) is 1. The van der Waals surface area contributed by atoms with E-state index in [-0.39, 0.29) is 17.8 Å². The van der Waals surface area contributed by atoms with E-state index in [2.05, 4.69) is 15.5 Å². The summed E-state index contributed by atoms with van der Waals surface area (Å²) in [6.45, 7) is 6.23. The van der Waals surface area contributed by atoms with Gasteiger partial charge in [0.25, 0.3) is 0 Å². The zero-order valence-corrected chi connectivity index (χ0v) is 18.6. The first-order chi connectivity index (χ1) is 14.6. The van der Waals surface area contributed by atoms with Crippen LogP contribution in [0.3, 0.4) is 0 Å². The highest BCUT2D eigenvalue weighted by atomic mass is 19.1. The average Bonchev–Trinajstić information content (AvgIpc) is 2.79. The van der Waals surface area contributed by atoms with Crippen molar-refractivity contribution in [2.24, 2.45) is 0 Å². The van der Waals surface area contributed by atoms with Gasteiger partial charge in [-0.1, -0.05) is 25.3 Å². The second-order valence-corrected chi connectivity index (χ2v) is 8.60. The normalized spacial score (nSPS) is 19.4. The number of nitrogens with zero attached hydrogens (tertiary/aromatic N) is 1. The Morgan fingerprint density at radius 2 is 1.83 bits per heavy atom. The number of rotatable bonds is 7. The molecule has 1 heterocycles. The summed E-state index contributed by atoms with van der Waals surface area (Å²) in [5.41, 5.74) is 1.66. The number of nitrogens with one attached hydrogen (secondary N) is 2. The highest BCUT2D eigenvalue weighted by Crippen LogP contribution is 2.34. The maximum absolute atomic E-state index is 14.8. The van der Waals surface area contributed by atoms with Crippen LogP contribution in [0.4, 0.5) is 10.1 Å². The van der Waals surface area contributed by atoms with Crippen LogP contribution < -0.4 is 10.6 Å². The van der Waals surface area contributed by atoms with Gasteiger partial charge in [0, 0.05) is 31.2 Å². The molecule has 1 aliphatic carbocycles. The lowest BCUT2D eigenvalue weighted by molar-refractivity contribution is -0.120. The quantitative estimate of drug-likeness (QED) is 0.684. The van der Waals surface area contributed by atoms with Gasteiger partial charge in [0.15, 0.2) is 0 Å². The van der Waals surface area contributed by atoms with Gasteiger partial charge in [0.05, 0.1) is 0 Å². The van der Waals surface area contributed by atoms with Gasteiger partial charge in [0.2, 0.25) is 5.91 Å². The van der Waals surface area contributed by atoms with Crippen LogP contribution in [0.25, 0.3) is 0 Å². The lowest BCUT2D eigenvalue weighted by Crippen LogP contribution is -2.42. The average molecular weight is 420 g/mol. The predicted octanol–water partition coefficient (Wildman–Crippen LogP) is 4.48. The van der Waals surface area contributed by atoms with Crippen molar-refractivity contribution in [1.29, 1.82) is 0 Å². The maximum atomic E-state index is 14.8. The Balaban J connectivity index is 0.00000155. The summed E-state index contributed by atoms with van der Waals surface area (Å²) >= 11 is 0. The molecule has 1 saturated carbocycles. The van der Waals surface area contributed by atoms with Gasteiger partial charge in [-0.05, 0) is 75.7 Å². The molecule has 2 fully saturated rings. The Bertz CT molecular complexity index is 656. The Labute approximate surface area is 180 Å². The van der Waals surface area contributed by atoms with Gasteiger partial charge in [0.1, 0.15) is 12.6 Å². The van der Waals surface area contributed by atoms with E-state index in [0.717, 1.165) is 49.6 Å². The summed E-state index contributed by atoms with van der Waals surface area (Å²) in [5, 5.41) is 5.94. The van der Waals surface area contributed by atoms with Crippen LogP contribution in [0.15, 0.2) is 18.2 Å². The predicted molar refractivity (Wildman–Crippen MR) is 120 cm³/mol. The maximum Gasteiger partial charge on any atom is 0.219 e.